The molecule has 1 aromatic carbocycles. The second-order valence-corrected chi connectivity index (χ2v) is 6.34. The van der Waals surface area contributed by atoms with Crippen molar-refractivity contribution in [1.82, 2.24) is 15.1 Å². The normalized spacial score (nSPS) is 11.6. The highest BCUT2D eigenvalue weighted by molar-refractivity contribution is 5.86. The van der Waals surface area contributed by atoms with Crippen LogP contribution in [0, 0.1) is 13.8 Å². The lowest BCUT2D eigenvalue weighted by atomic mass is 10.1. The molecule has 0 aliphatic heterocycles. The molecule has 3 amide bonds. The average molecular weight is 349 g/mol. The molecular weight excluding hydrogens is 318 g/mol. The zero-order valence-corrected chi connectivity index (χ0v) is 16.3. The number of rotatable bonds is 8. The molecule has 1 N–H and O–H groups in total. The number of ether oxygens (including phenoxy) is 1. The Balaban J connectivity index is 2.57. The highest BCUT2D eigenvalue weighted by Gasteiger charge is 2.22. The van der Waals surface area contributed by atoms with Gasteiger partial charge in [0.2, 0.25) is 5.91 Å². The van der Waals surface area contributed by atoms with E-state index in [9.17, 15) is 9.59 Å². The van der Waals surface area contributed by atoms with Crippen molar-refractivity contribution in [3.63, 3.8) is 0 Å². The van der Waals surface area contributed by atoms with Crippen LogP contribution in [0.1, 0.15) is 31.4 Å². The van der Waals surface area contributed by atoms with Gasteiger partial charge in [0.15, 0.2) is 0 Å². The van der Waals surface area contributed by atoms with Crippen LogP contribution in [0.5, 0.6) is 5.75 Å². The van der Waals surface area contributed by atoms with Gasteiger partial charge in [-0.05, 0) is 38.8 Å². The summed E-state index contributed by atoms with van der Waals surface area (Å²) in [6.45, 7) is 9.25. The lowest BCUT2D eigenvalue weighted by Gasteiger charge is -2.26. The smallest absolute Gasteiger partial charge is 0.318 e. The van der Waals surface area contributed by atoms with E-state index >= 15 is 0 Å². The molecule has 1 aromatic rings. The van der Waals surface area contributed by atoms with Gasteiger partial charge in [0.05, 0.1) is 6.54 Å². The number of carbonyl (C=O) groups is 2. The fourth-order valence-electron chi connectivity index (χ4n) is 2.52. The topological polar surface area (TPSA) is 61.9 Å². The third-order valence-corrected chi connectivity index (χ3v) is 4.06. The number of aryl methyl sites for hydroxylation is 2. The number of urea groups is 1. The lowest BCUT2D eigenvalue weighted by molar-refractivity contribution is -0.130. The van der Waals surface area contributed by atoms with Crippen LogP contribution in [0.4, 0.5) is 4.79 Å². The minimum atomic E-state index is -0.503. The third-order valence-electron chi connectivity index (χ3n) is 4.06. The number of benzene rings is 1. The lowest BCUT2D eigenvalue weighted by Crippen LogP contribution is -2.51. The Kier molecular flexibility index (Phi) is 8.25. The first-order valence-corrected chi connectivity index (χ1v) is 8.76. The highest BCUT2D eigenvalue weighted by Crippen LogP contribution is 2.18. The van der Waals surface area contributed by atoms with E-state index in [0.717, 1.165) is 11.3 Å². The van der Waals surface area contributed by atoms with Gasteiger partial charge >= 0.3 is 6.03 Å². The molecule has 0 aliphatic rings. The number of hydrogen-bond donors (Lipinski definition) is 1. The van der Waals surface area contributed by atoms with E-state index in [2.05, 4.69) is 11.4 Å². The van der Waals surface area contributed by atoms with E-state index < -0.39 is 6.04 Å². The Morgan fingerprint density at radius 3 is 2.40 bits per heavy atom. The van der Waals surface area contributed by atoms with Gasteiger partial charge in [0.25, 0.3) is 0 Å². The van der Waals surface area contributed by atoms with Crippen molar-refractivity contribution in [3.05, 3.63) is 29.3 Å². The molecule has 0 bridgehead atoms. The third kappa shape index (κ3) is 6.29. The van der Waals surface area contributed by atoms with Crippen LogP contribution in [0.3, 0.4) is 0 Å². The van der Waals surface area contributed by atoms with Crippen molar-refractivity contribution in [1.29, 1.82) is 0 Å². The van der Waals surface area contributed by atoms with Crippen LogP contribution in [0.25, 0.3) is 0 Å². The Labute approximate surface area is 151 Å². The highest BCUT2D eigenvalue weighted by atomic mass is 16.5. The van der Waals surface area contributed by atoms with E-state index in [-0.39, 0.29) is 11.9 Å². The summed E-state index contributed by atoms with van der Waals surface area (Å²) in [5, 5.41) is 2.81. The molecule has 1 rings (SSSR count). The van der Waals surface area contributed by atoms with E-state index in [1.54, 1.807) is 19.0 Å². The molecule has 1 unspecified atom stereocenters. The Bertz CT molecular complexity index is 587. The van der Waals surface area contributed by atoms with Crippen molar-refractivity contribution in [3.8, 4) is 5.75 Å². The number of likely N-dealkylation sites (N-methyl/N-ethyl adjacent to an activating group) is 2. The summed E-state index contributed by atoms with van der Waals surface area (Å²) >= 11 is 0. The summed E-state index contributed by atoms with van der Waals surface area (Å²) in [6, 6.07) is 5.28. The fraction of sp³-hybridized carbons (Fsp3) is 0.579. The maximum Gasteiger partial charge on any atom is 0.318 e. The largest absolute Gasteiger partial charge is 0.491 e. The summed E-state index contributed by atoms with van der Waals surface area (Å²) < 4.78 is 5.79. The zero-order valence-electron chi connectivity index (χ0n) is 16.3. The SMILES string of the molecule is CCC(NC(=O)N(CC)CCOc1ccc(C)cc1C)C(=O)N(C)C. The second kappa shape index (κ2) is 9.91. The minimum Gasteiger partial charge on any atom is -0.491 e. The van der Waals surface area contributed by atoms with E-state index in [4.69, 9.17) is 4.74 Å². The van der Waals surface area contributed by atoms with Crippen molar-refractivity contribution < 1.29 is 14.3 Å². The standard InChI is InChI=1S/C19H31N3O3/c1-7-16(18(23)21(5)6)20-19(24)22(8-2)11-12-25-17-10-9-14(3)13-15(17)4/h9-10,13,16H,7-8,11-12H2,1-6H3,(H,20,24). The first-order chi connectivity index (χ1) is 11.8. The summed E-state index contributed by atoms with van der Waals surface area (Å²) in [5.74, 6) is 0.731. The van der Waals surface area contributed by atoms with Crippen LogP contribution >= 0.6 is 0 Å². The fourth-order valence-corrected chi connectivity index (χ4v) is 2.52. The Morgan fingerprint density at radius 2 is 1.88 bits per heavy atom. The maximum atomic E-state index is 12.4. The van der Waals surface area contributed by atoms with Crippen LogP contribution < -0.4 is 10.1 Å². The van der Waals surface area contributed by atoms with E-state index in [0.29, 0.717) is 26.1 Å². The summed E-state index contributed by atoms with van der Waals surface area (Å²) in [5.41, 5.74) is 2.27. The quantitative estimate of drug-likeness (QED) is 0.785. The van der Waals surface area contributed by atoms with Crippen LogP contribution in [-0.4, -0.2) is 61.6 Å². The van der Waals surface area contributed by atoms with Crippen LogP contribution in [0.15, 0.2) is 18.2 Å². The van der Waals surface area contributed by atoms with Crippen molar-refractivity contribution in [2.24, 2.45) is 0 Å². The van der Waals surface area contributed by atoms with Gasteiger partial charge < -0.3 is 19.9 Å². The van der Waals surface area contributed by atoms with Gasteiger partial charge in [-0.3, -0.25) is 4.79 Å². The molecule has 0 fully saturated rings. The predicted octanol–water partition coefficient (Wildman–Crippen LogP) is 2.58. The van der Waals surface area contributed by atoms with E-state index in [1.165, 1.54) is 10.5 Å². The van der Waals surface area contributed by atoms with Gasteiger partial charge in [-0.15, -0.1) is 0 Å². The molecule has 6 nitrogen and oxygen atoms in total. The van der Waals surface area contributed by atoms with Crippen molar-refractivity contribution in [2.75, 3.05) is 33.8 Å². The van der Waals surface area contributed by atoms with Gasteiger partial charge in [-0.1, -0.05) is 24.6 Å². The number of nitrogens with zero attached hydrogens (tertiary/aromatic N) is 2. The van der Waals surface area contributed by atoms with Crippen molar-refractivity contribution >= 4 is 11.9 Å². The molecular formula is C19H31N3O3. The summed E-state index contributed by atoms with van der Waals surface area (Å²) in [4.78, 5) is 27.6. The zero-order chi connectivity index (χ0) is 19.0. The van der Waals surface area contributed by atoms with E-state index in [1.807, 2.05) is 39.8 Å². The van der Waals surface area contributed by atoms with Gasteiger partial charge in [0, 0.05) is 20.6 Å². The molecule has 0 aliphatic carbocycles. The van der Waals surface area contributed by atoms with Gasteiger partial charge in [-0.2, -0.15) is 0 Å². The summed E-state index contributed by atoms with van der Waals surface area (Å²) in [6.07, 6.45) is 0.555. The van der Waals surface area contributed by atoms with Gasteiger partial charge in [-0.25, -0.2) is 4.79 Å². The molecule has 0 heterocycles. The molecule has 25 heavy (non-hydrogen) atoms. The van der Waals surface area contributed by atoms with Gasteiger partial charge in [0.1, 0.15) is 18.4 Å². The first-order valence-electron chi connectivity index (χ1n) is 8.76. The molecule has 140 valence electrons. The molecule has 1 atom stereocenters. The number of hydrogen-bond acceptors (Lipinski definition) is 3. The molecule has 6 heteroatoms. The summed E-state index contributed by atoms with van der Waals surface area (Å²) in [7, 11) is 3.37. The Morgan fingerprint density at radius 1 is 1.20 bits per heavy atom. The van der Waals surface area contributed by atoms with Crippen LogP contribution in [0.2, 0.25) is 0 Å². The molecule has 0 spiro atoms. The number of amides is 3. The molecule has 0 radical (unpaired) electrons. The minimum absolute atomic E-state index is 0.0987. The molecule has 0 aromatic heterocycles. The molecule has 0 saturated heterocycles. The Hall–Kier alpha value is -2.24. The number of carbonyl (C=O) groups excluding carboxylic acids is 2. The molecule has 0 saturated carbocycles. The average Bonchev–Trinajstić information content (AvgIpc) is 2.57. The second-order valence-electron chi connectivity index (χ2n) is 6.34. The first kappa shape index (κ1) is 20.8. The number of nitrogens with one attached hydrogen (secondary N) is 1. The van der Waals surface area contributed by atoms with Crippen molar-refractivity contribution in [2.45, 2.75) is 40.2 Å². The van der Waals surface area contributed by atoms with Crippen LogP contribution in [-0.2, 0) is 4.79 Å². The predicted molar refractivity (Wildman–Crippen MR) is 100.0 cm³/mol. The monoisotopic (exact) mass is 349 g/mol. The maximum absolute atomic E-state index is 12.4.